The van der Waals surface area contributed by atoms with Crippen molar-refractivity contribution in [1.29, 1.82) is 0 Å². The van der Waals surface area contributed by atoms with Crippen molar-refractivity contribution >= 4 is 38.7 Å². The number of carbonyl (C=O) groups excluding carboxylic acids is 1. The van der Waals surface area contributed by atoms with Crippen LogP contribution in [0.3, 0.4) is 0 Å². The molecular formula is C22H22N4OS. The molecule has 0 bridgehead atoms. The Labute approximate surface area is 168 Å². The number of amides is 1. The molecule has 1 aliphatic heterocycles. The van der Waals surface area contributed by atoms with Crippen LogP contribution in [0.4, 0.5) is 5.13 Å². The topological polar surface area (TPSA) is 58.1 Å². The lowest BCUT2D eigenvalue weighted by molar-refractivity contribution is -0.116. The number of pyridine rings is 1. The number of nitrogens with zero attached hydrogens (tertiary/aromatic N) is 3. The van der Waals surface area contributed by atoms with Gasteiger partial charge in [-0.3, -0.25) is 9.78 Å². The van der Waals surface area contributed by atoms with Crippen molar-refractivity contribution < 1.29 is 4.79 Å². The monoisotopic (exact) mass is 390 g/mol. The molecule has 0 radical (unpaired) electrons. The lowest BCUT2D eigenvalue weighted by atomic mass is 10.2. The second kappa shape index (κ2) is 7.36. The minimum absolute atomic E-state index is 0.0363. The minimum atomic E-state index is -0.0363. The van der Waals surface area contributed by atoms with Gasteiger partial charge in [-0.25, -0.2) is 4.98 Å². The molecule has 1 N–H and O–H groups in total. The minimum Gasteiger partial charge on any atom is -0.353 e. The molecule has 1 aliphatic carbocycles. The van der Waals surface area contributed by atoms with Gasteiger partial charge in [0.1, 0.15) is 0 Å². The zero-order valence-corrected chi connectivity index (χ0v) is 16.3. The van der Waals surface area contributed by atoms with E-state index in [-0.39, 0.29) is 5.91 Å². The van der Waals surface area contributed by atoms with Crippen LogP contribution in [0.5, 0.6) is 0 Å². The van der Waals surface area contributed by atoms with E-state index in [9.17, 15) is 4.79 Å². The van der Waals surface area contributed by atoms with E-state index in [1.54, 1.807) is 35.9 Å². The molecule has 5 nitrogen and oxygen atoms in total. The lowest BCUT2D eigenvalue weighted by Crippen LogP contribution is -2.26. The molecule has 2 unspecified atom stereocenters. The van der Waals surface area contributed by atoms with Crippen molar-refractivity contribution in [1.82, 2.24) is 15.3 Å². The number of aromatic nitrogens is 2. The third kappa shape index (κ3) is 3.52. The van der Waals surface area contributed by atoms with E-state index in [0.29, 0.717) is 0 Å². The van der Waals surface area contributed by atoms with Crippen molar-refractivity contribution in [3.05, 3.63) is 60.4 Å². The summed E-state index contributed by atoms with van der Waals surface area (Å²) < 4.78 is 1.26. The fraction of sp³-hybridized carbons (Fsp3) is 0.318. The van der Waals surface area contributed by atoms with Crippen LogP contribution in [-0.2, 0) is 4.79 Å². The number of hydrogen-bond donors (Lipinski definition) is 1. The summed E-state index contributed by atoms with van der Waals surface area (Å²) in [5, 5.41) is 4.16. The van der Waals surface area contributed by atoms with E-state index in [2.05, 4.69) is 33.4 Å². The molecule has 2 aliphatic rings. The highest BCUT2D eigenvalue weighted by molar-refractivity contribution is 7.22. The number of thiazole rings is 1. The highest BCUT2D eigenvalue weighted by atomic mass is 32.1. The van der Waals surface area contributed by atoms with Crippen molar-refractivity contribution in [2.24, 2.45) is 17.8 Å². The predicted octanol–water partition coefficient (Wildman–Crippen LogP) is 3.59. The maximum Gasteiger partial charge on any atom is 0.244 e. The Kier molecular flexibility index (Phi) is 4.56. The molecular weight excluding hydrogens is 368 g/mol. The molecule has 0 spiro atoms. The van der Waals surface area contributed by atoms with Crippen molar-refractivity contribution in [2.45, 2.75) is 6.42 Å². The van der Waals surface area contributed by atoms with Gasteiger partial charge in [0.05, 0.1) is 10.2 Å². The normalized spacial score (nSPS) is 23.3. The van der Waals surface area contributed by atoms with Gasteiger partial charge in [0.2, 0.25) is 5.91 Å². The summed E-state index contributed by atoms with van der Waals surface area (Å²) >= 11 is 1.79. The zero-order valence-electron chi connectivity index (χ0n) is 15.5. The van der Waals surface area contributed by atoms with Gasteiger partial charge in [0.15, 0.2) is 5.13 Å². The Morgan fingerprint density at radius 3 is 2.86 bits per heavy atom. The number of fused-ring (bicyclic) bond motifs is 2. The molecule has 1 saturated carbocycles. The number of anilines is 1. The summed E-state index contributed by atoms with van der Waals surface area (Å²) in [4.78, 5) is 23.2. The largest absolute Gasteiger partial charge is 0.353 e. The molecule has 1 aromatic carbocycles. The second-order valence-corrected chi connectivity index (χ2v) is 8.57. The third-order valence-electron chi connectivity index (χ3n) is 5.81. The van der Waals surface area contributed by atoms with Crippen LogP contribution in [-0.4, -0.2) is 35.5 Å². The summed E-state index contributed by atoms with van der Waals surface area (Å²) in [6, 6.07) is 12.1. The van der Waals surface area contributed by atoms with Gasteiger partial charge < -0.3 is 10.2 Å². The van der Waals surface area contributed by atoms with Gasteiger partial charge in [0, 0.05) is 38.1 Å². The number of hydrogen-bond acceptors (Lipinski definition) is 5. The second-order valence-electron chi connectivity index (χ2n) is 7.56. The summed E-state index contributed by atoms with van der Waals surface area (Å²) in [6.07, 6.45) is 7.91. The maximum absolute atomic E-state index is 12.0. The SMILES string of the molecule is O=C(/C=C/c1cccnc1)NCCC1C2CN(c3nc4ccccc4s3)CC12. The summed E-state index contributed by atoms with van der Waals surface area (Å²) in [7, 11) is 0. The highest BCUT2D eigenvalue weighted by Crippen LogP contribution is 2.54. The Morgan fingerprint density at radius 2 is 2.07 bits per heavy atom. The van der Waals surface area contributed by atoms with E-state index >= 15 is 0 Å². The molecule has 2 atom stereocenters. The lowest BCUT2D eigenvalue weighted by Gasteiger charge is -2.18. The predicted molar refractivity (Wildman–Crippen MR) is 113 cm³/mol. The number of piperidine rings is 1. The average Bonchev–Trinajstić information content (AvgIpc) is 3.09. The molecule has 6 heteroatoms. The fourth-order valence-corrected chi connectivity index (χ4v) is 5.28. The number of para-hydroxylation sites is 1. The Balaban J connectivity index is 1.07. The molecule has 3 heterocycles. The molecule has 2 fully saturated rings. The Hall–Kier alpha value is -2.73. The first-order valence-electron chi connectivity index (χ1n) is 9.74. The average molecular weight is 391 g/mol. The van der Waals surface area contributed by atoms with Gasteiger partial charge in [0.25, 0.3) is 0 Å². The number of rotatable bonds is 6. The van der Waals surface area contributed by atoms with Crippen LogP contribution in [0, 0.1) is 17.8 Å². The van der Waals surface area contributed by atoms with Crippen molar-refractivity contribution in [3.8, 4) is 0 Å². The molecule has 3 aromatic rings. The zero-order chi connectivity index (χ0) is 18.9. The van der Waals surface area contributed by atoms with E-state index in [1.807, 2.05) is 18.2 Å². The van der Waals surface area contributed by atoms with Crippen molar-refractivity contribution in [3.63, 3.8) is 0 Å². The Morgan fingerprint density at radius 1 is 1.21 bits per heavy atom. The summed E-state index contributed by atoms with van der Waals surface area (Å²) in [6.45, 7) is 2.95. The first-order valence-corrected chi connectivity index (χ1v) is 10.6. The standard InChI is InChI=1S/C22H22N4OS/c27-21(8-7-15-4-3-10-23-12-15)24-11-9-16-17-13-26(14-18(16)17)22-25-19-5-1-2-6-20(19)28-22/h1-8,10,12,16-18H,9,11,13-14H2,(H,24,27)/b8-7+. The summed E-state index contributed by atoms with van der Waals surface area (Å²) in [5.74, 6) is 2.23. The molecule has 5 rings (SSSR count). The van der Waals surface area contributed by atoms with Crippen molar-refractivity contribution in [2.75, 3.05) is 24.5 Å². The molecule has 142 valence electrons. The van der Waals surface area contributed by atoms with Crippen LogP contribution < -0.4 is 10.2 Å². The van der Waals surface area contributed by atoms with E-state index in [0.717, 1.165) is 60.0 Å². The van der Waals surface area contributed by atoms with Crippen LogP contribution in [0.25, 0.3) is 16.3 Å². The van der Waals surface area contributed by atoms with Gasteiger partial charge in [-0.2, -0.15) is 0 Å². The van der Waals surface area contributed by atoms with Gasteiger partial charge in [-0.1, -0.05) is 29.5 Å². The van der Waals surface area contributed by atoms with E-state index in [4.69, 9.17) is 4.98 Å². The van der Waals surface area contributed by atoms with Crippen LogP contribution in [0.15, 0.2) is 54.9 Å². The van der Waals surface area contributed by atoms with E-state index in [1.165, 1.54) is 4.70 Å². The highest BCUT2D eigenvalue weighted by Gasteiger charge is 2.55. The third-order valence-corrected chi connectivity index (χ3v) is 6.91. The number of carbonyl (C=O) groups is 1. The van der Waals surface area contributed by atoms with Gasteiger partial charge in [-0.05, 0) is 54.0 Å². The summed E-state index contributed by atoms with van der Waals surface area (Å²) in [5.41, 5.74) is 2.03. The smallest absolute Gasteiger partial charge is 0.244 e. The van der Waals surface area contributed by atoms with Crippen LogP contribution in [0.2, 0.25) is 0 Å². The molecule has 1 amide bonds. The maximum atomic E-state index is 12.0. The van der Waals surface area contributed by atoms with Gasteiger partial charge >= 0.3 is 0 Å². The molecule has 1 saturated heterocycles. The number of nitrogens with one attached hydrogen (secondary N) is 1. The fourth-order valence-electron chi connectivity index (χ4n) is 4.30. The van der Waals surface area contributed by atoms with E-state index < -0.39 is 0 Å². The number of benzene rings is 1. The van der Waals surface area contributed by atoms with Gasteiger partial charge in [-0.15, -0.1) is 0 Å². The quantitative estimate of drug-likeness (QED) is 0.654. The molecule has 28 heavy (non-hydrogen) atoms. The molecule has 2 aromatic heterocycles. The first-order chi connectivity index (χ1) is 13.8. The van der Waals surface area contributed by atoms with Crippen LogP contribution >= 0.6 is 11.3 Å². The Bertz CT molecular complexity index is 971. The first kappa shape index (κ1) is 17.4. The van der Waals surface area contributed by atoms with Crippen LogP contribution in [0.1, 0.15) is 12.0 Å².